The SMILES string of the molecule is CCCC(C)(C)NS(=O)(=O)c1cc(NC)ccc1[N+](=O)[O-]. The summed E-state index contributed by atoms with van der Waals surface area (Å²) in [6, 6.07) is 3.92. The average molecular weight is 315 g/mol. The monoisotopic (exact) mass is 315 g/mol. The van der Waals surface area contributed by atoms with Gasteiger partial charge in [0, 0.05) is 24.3 Å². The van der Waals surface area contributed by atoms with Gasteiger partial charge >= 0.3 is 0 Å². The number of benzene rings is 1. The van der Waals surface area contributed by atoms with E-state index in [1.807, 2.05) is 6.92 Å². The van der Waals surface area contributed by atoms with E-state index >= 15 is 0 Å². The van der Waals surface area contributed by atoms with E-state index in [0.717, 1.165) is 6.42 Å². The second kappa shape index (κ2) is 6.40. The van der Waals surface area contributed by atoms with E-state index < -0.39 is 26.2 Å². The zero-order chi connectivity index (χ0) is 16.3. The summed E-state index contributed by atoms with van der Waals surface area (Å²) in [7, 11) is -2.36. The van der Waals surface area contributed by atoms with E-state index in [-0.39, 0.29) is 4.90 Å². The lowest BCUT2D eigenvalue weighted by molar-refractivity contribution is -0.387. The minimum absolute atomic E-state index is 0.330. The highest BCUT2D eigenvalue weighted by Crippen LogP contribution is 2.28. The fraction of sp³-hybridized carbons (Fsp3) is 0.538. The summed E-state index contributed by atoms with van der Waals surface area (Å²) in [5.41, 5.74) is -0.611. The molecule has 0 atom stereocenters. The maximum Gasteiger partial charge on any atom is 0.289 e. The lowest BCUT2D eigenvalue weighted by atomic mass is 10.0. The van der Waals surface area contributed by atoms with Crippen LogP contribution in [0.15, 0.2) is 23.1 Å². The second-order valence-electron chi connectivity index (χ2n) is 5.43. The highest BCUT2D eigenvalue weighted by Gasteiger charge is 2.31. The molecule has 0 fully saturated rings. The first kappa shape index (κ1) is 17.4. The third-order valence-corrected chi connectivity index (χ3v) is 4.75. The van der Waals surface area contributed by atoms with Gasteiger partial charge in [-0.2, -0.15) is 0 Å². The normalized spacial score (nSPS) is 12.2. The average Bonchev–Trinajstić information content (AvgIpc) is 2.36. The topological polar surface area (TPSA) is 101 Å². The molecule has 0 aliphatic carbocycles. The van der Waals surface area contributed by atoms with Gasteiger partial charge in [-0.3, -0.25) is 10.1 Å². The van der Waals surface area contributed by atoms with Crippen LogP contribution in [0.2, 0.25) is 0 Å². The quantitative estimate of drug-likeness (QED) is 0.594. The van der Waals surface area contributed by atoms with Gasteiger partial charge in [-0.25, -0.2) is 13.1 Å². The van der Waals surface area contributed by atoms with Crippen LogP contribution in [0.25, 0.3) is 0 Å². The summed E-state index contributed by atoms with van der Waals surface area (Å²) in [5, 5.41) is 13.8. The molecule has 1 aromatic rings. The predicted molar refractivity (Wildman–Crippen MR) is 82.0 cm³/mol. The number of nitro groups is 1. The van der Waals surface area contributed by atoms with Gasteiger partial charge in [0.2, 0.25) is 10.0 Å². The number of anilines is 1. The van der Waals surface area contributed by atoms with E-state index in [4.69, 9.17) is 0 Å². The minimum Gasteiger partial charge on any atom is -0.388 e. The molecule has 21 heavy (non-hydrogen) atoms. The Balaban J connectivity index is 3.32. The van der Waals surface area contributed by atoms with Crippen molar-refractivity contribution in [3.05, 3.63) is 28.3 Å². The van der Waals surface area contributed by atoms with E-state index in [1.165, 1.54) is 18.2 Å². The second-order valence-corrected chi connectivity index (χ2v) is 7.08. The van der Waals surface area contributed by atoms with Gasteiger partial charge < -0.3 is 5.32 Å². The van der Waals surface area contributed by atoms with Crippen molar-refractivity contribution in [3.63, 3.8) is 0 Å². The Morgan fingerprint density at radius 2 is 1.95 bits per heavy atom. The summed E-state index contributed by atoms with van der Waals surface area (Å²) >= 11 is 0. The van der Waals surface area contributed by atoms with Crippen molar-refractivity contribution in [2.24, 2.45) is 0 Å². The van der Waals surface area contributed by atoms with Crippen LogP contribution in [-0.2, 0) is 10.0 Å². The van der Waals surface area contributed by atoms with Crippen LogP contribution < -0.4 is 10.0 Å². The Labute approximate surface area is 124 Å². The highest BCUT2D eigenvalue weighted by atomic mass is 32.2. The fourth-order valence-electron chi connectivity index (χ4n) is 2.13. The smallest absolute Gasteiger partial charge is 0.289 e. The van der Waals surface area contributed by atoms with Crippen molar-refractivity contribution in [1.82, 2.24) is 4.72 Å². The molecular formula is C13H21N3O4S. The first-order chi connectivity index (χ1) is 9.63. The first-order valence-corrected chi connectivity index (χ1v) is 8.11. The molecule has 0 aliphatic rings. The lowest BCUT2D eigenvalue weighted by Crippen LogP contribution is -2.43. The Morgan fingerprint density at radius 3 is 2.43 bits per heavy atom. The van der Waals surface area contributed by atoms with Gasteiger partial charge in [0.25, 0.3) is 5.69 Å². The van der Waals surface area contributed by atoms with Crippen LogP contribution in [0.3, 0.4) is 0 Å². The molecule has 0 amide bonds. The molecule has 0 aromatic heterocycles. The molecule has 0 heterocycles. The van der Waals surface area contributed by atoms with E-state index in [0.29, 0.717) is 12.1 Å². The third-order valence-electron chi connectivity index (χ3n) is 3.02. The fourth-order valence-corrected chi connectivity index (χ4v) is 3.77. The Hall–Kier alpha value is -1.67. The molecule has 118 valence electrons. The summed E-state index contributed by atoms with van der Waals surface area (Å²) in [4.78, 5) is 10.0. The zero-order valence-electron chi connectivity index (χ0n) is 12.6. The molecule has 7 nitrogen and oxygen atoms in total. The Bertz CT molecular complexity index is 626. The van der Waals surface area contributed by atoms with Crippen LogP contribution in [0.4, 0.5) is 11.4 Å². The van der Waals surface area contributed by atoms with Crippen molar-refractivity contribution in [1.29, 1.82) is 0 Å². The van der Waals surface area contributed by atoms with E-state index in [9.17, 15) is 18.5 Å². The zero-order valence-corrected chi connectivity index (χ0v) is 13.5. The molecule has 1 aromatic carbocycles. The van der Waals surface area contributed by atoms with Gasteiger partial charge in [0.1, 0.15) is 0 Å². The van der Waals surface area contributed by atoms with Gasteiger partial charge in [0.15, 0.2) is 4.90 Å². The van der Waals surface area contributed by atoms with Crippen molar-refractivity contribution >= 4 is 21.4 Å². The van der Waals surface area contributed by atoms with Gasteiger partial charge in [-0.05, 0) is 32.4 Å². The molecule has 0 aliphatic heterocycles. The minimum atomic E-state index is -3.98. The van der Waals surface area contributed by atoms with Crippen LogP contribution >= 0.6 is 0 Å². The molecule has 2 N–H and O–H groups in total. The summed E-state index contributed by atoms with van der Waals surface area (Å²) in [6.45, 7) is 5.45. The first-order valence-electron chi connectivity index (χ1n) is 6.63. The number of nitrogens with one attached hydrogen (secondary N) is 2. The van der Waals surface area contributed by atoms with E-state index in [1.54, 1.807) is 20.9 Å². The molecule has 8 heteroatoms. The Kier molecular flexibility index (Phi) is 5.30. The third kappa shape index (κ3) is 4.40. The van der Waals surface area contributed by atoms with Gasteiger partial charge in [-0.15, -0.1) is 0 Å². The van der Waals surface area contributed by atoms with Crippen molar-refractivity contribution in [2.45, 2.75) is 44.0 Å². The van der Waals surface area contributed by atoms with Crippen LogP contribution in [-0.4, -0.2) is 25.9 Å². The lowest BCUT2D eigenvalue weighted by Gasteiger charge is -2.25. The summed E-state index contributed by atoms with van der Waals surface area (Å²) in [5.74, 6) is 0. The molecular weight excluding hydrogens is 294 g/mol. The van der Waals surface area contributed by atoms with Gasteiger partial charge in [-0.1, -0.05) is 13.3 Å². The summed E-state index contributed by atoms with van der Waals surface area (Å²) < 4.78 is 27.5. The predicted octanol–water partition coefficient (Wildman–Crippen LogP) is 2.49. The number of hydrogen-bond donors (Lipinski definition) is 2. The number of rotatable bonds is 7. The molecule has 0 spiro atoms. The highest BCUT2D eigenvalue weighted by molar-refractivity contribution is 7.89. The van der Waals surface area contributed by atoms with Crippen LogP contribution in [0, 0.1) is 10.1 Å². The molecule has 0 saturated carbocycles. The molecule has 0 bridgehead atoms. The van der Waals surface area contributed by atoms with Crippen LogP contribution in [0.1, 0.15) is 33.6 Å². The largest absolute Gasteiger partial charge is 0.388 e. The summed E-state index contributed by atoms with van der Waals surface area (Å²) in [6.07, 6.45) is 1.43. The standard InChI is InChI=1S/C13H21N3O4S/c1-5-8-13(2,3)15-21(19,20)12-9-10(14-4)6-7-11(12)16(17)18/h6-7,9,14-15H,5,8H2,1-4H3. The number of nitrogens with zero attached hydrogens (tertiary/aromatic N) is 1. The number of sulfonamides is 1. The number of hydrogen-bond acceptors (Lipinski definition) is 5. The van der Waals surface area contributed by atoms with Crippen molar-refractivity contribution in [2.75, 3.05) is 12.4 Å². The Morgan fingerprint density at radius 1 is 1.33 bits per heavy atom. The maximum absolute atomic E-state index is 12.5. The van der Waals surface area contributed by atoms with Gasteiger partial charge in [0.05, 0.1) is 4.92 Å². The van der Waals surface area contributed by atoms with Crippen LogP contribution in [0.5, 0.6) is 0 Å². The molecule has 0 unspecified atom stereocenters. The van der Waals surface area contributed by atoms with E-state index in [2.05, 4.69) is 10.0 Å². The van der Waals surface area contributed by atoms with Crippen molar-refractivity contribution < 1.29 is 13.3 Å². The van der Waals surface area contributed by atoms with Crippen molar-refractivity contribution in [3.8, 4) is 0 Å². The maximum atomic E-state index is 12.5. The molecule has 0 saturated heterocycles. The molecule has 0 radical (unpaired) electrons. The molecule has 1 rings (SSSR count). The number of nitro benzene ring substituents is 1.